The van der Waals surface area contributed by atoms with Gasteiger partial charge >= 0.3 is 0 Å². The second-order valence-corrected chi connectivity index (χ2v) is 8.48. The third kappa shape index (κ3) is 5.58. The molecule has 1 N–H and O–H groups in total. The van der Waals surface area contributed by atoms with Gasteiger partial charge in [-0.25, -0.2) is 0 Å². The molecule has 1 aromatic heterocycles. The van der Waals surface area contributed by atoms with Crippen molar-refractivity contribution in [3.8, 4) is 17.1 Å². The zero-order chi connectivity index (χ0) is 23.3. The van der Waals surface area contributed by atoms with Crippen molar-refractivity contribution < 1.29 is 18.8 Å². The molecular weight excluding hydrogens is 420 g/mol. The number of amides is 2. The van der Waals surface area contributed by atoms with Crippen molar-refractivity contribution in [2.75, 3.05) is 14.2 Å². The largest absolute Gasteiger partial charge is 0.497 e. The molecule has 3 aromatic rings. The van der Waals surface area contributed by atoms with E-state index >= 15 is 0 Å². The Hall–Kier alpha value is -3.68. The van der Waals surface area contributed by atoms with Crippen LogP contribution in [-0.2, 0) is 22.6 Å². The number of methoxy groups -OCH3 is 1. The quantitative estimate of drug-likeness (QED) is 0.539. The van der Waals surface area contributed by atoms with Crippen molar-refractivity contribution in [1.29, 1.82) is 0 Å². The molecule has 2 amide bonds. The number of carbonyl (C=O) groups is 2. The van der Waals surface area contributed by atoms with Crippen LogP contribution >= 0.6 is 0 Å². The van der Waals surface area contributed by atoms with Crippen LogP contribution in [0, 0.1) is 0 Å². The molecule has 1 saturated heterocycles. The predicted molar refractivity (Wildman–Crippen MR) is 122 cm³/mol. The molecule has 8 heteroatoms. The van der Waals surface area contributed by atoms with Crippen molar-refractivity contribution in [3.05, 3.63) is 66.1 Å². The number of nitrogens with one attached hydrogen (secondary N) is 1. The fraction of sp³-hybridized carbons (Fsp3) is 0.360. The van der Waals surface area contributed by atoms with E-state index in [0.29, 0.717) is 43.8 Å². The van der Waals surface area contributed by atoms with Gasteiger partial charge < -0.3 is 19.5 Å². The Balaban J connectivity index is 1.36. The first-order valence-electron chi connectivity index (χ1n) is 11.0. The number of carbonyl (C=O) groups excluding carboxylic acids is 2. The average molecular weight is 449 g/mol. The minimum Gasteiger partial charge on any atom is -0.497 e. The zero-order valence-electron chi connectivity index (χ0n) is 18.9. The second kappa shape index (κ2) is 9.85. The lowest BCUT2D eigenvalue weighted by atomic mass is 9.85. The van der Waals surface area contributed by atoms with Crippen LogP contribution < -0.4 is 10.1 Å². The number of aromatic nitrogens is 2. The molecule has 33 heavy (non-hydrogen) atoms. The molecule has 0 spiro atoms. The first kappa shape index (κ1) is 22.5. The summed E-state index contributed by atoms with van der Waals surface area (Å²) >= 11 is 0. The fourth-order valence-corrected chi connectivity index (χ4v) is 4.17. The molecule has 0 saturated carbocycles. The average Bonchev–Trinajstić information content (AvgIpc) is 3.45. The van der Waals surface area contributed by atoms with Gasteiger partial charge in [0.15, 0.2) is 0 Å². The SMILES string of the molecule is COc1ccc(C[C@]2(CCC(=O)N(C)Cc3nc(-c4ccccc4)no3)CCC(=O)N2)cc1. The van der Waals surface area contributed by atoms with Gasteiger partial charge in [-0.05, 0) is 37.0 Å². The fourth-order valence-electron chi connectivity index (χ4n) is 4.17. The molecule has 0 bridgehead atoms. The highest BCUT2D eigenvalue weighted by Gasteiger charge is 2.38. The van der Waals surface area contributed by atoms with Gasteiger partial charge in [0, 0.05) is 31.0 Å². The van der Waals surface area contributed by atoms with E-state index in [0.717, 1.165) is 16.9 Å². The van der Waals surface area contributed by atoms with Crippen LogP contribution in [0.25, 0.3) is 11.4 Å². The van der Waals surface area contributed by atoms with Crippen LogP contribution in [-0.4, -0.2) is 46.6 Å². The van der Waals surface area contributed by atoms with Crippen LogP contribution in [0.4, 0.5) is 0 Å². The van der Waals surface area contributed by atoms with E-state index in [9.17, 15) is 9.59 Å². The lowest BCUT2D eigenvalue weighted by Gasteiger charge is -2.30. The predicted octanol–water partition coefficient (Wildman–Crippen LogP) is 3.38. The summed E-state index contributed by atoms with van der Waals surface area (Å²) in [6.45, 7) is 0.233. The van der Waals surface area contributed by atoms with Crippen molar-refractivity contribution in [3.63, 3.8) is 0 Å². The maximum atomic E-state index is 12.8. The first-order valence-corrected chi connectivity index (χ1v) is 11.0. The number of benzene rings is 2. The van der Waals surface area contributed by atoms with E-state index in [2.05, 4.69) is 15.5 Å². The van der Waals surface area contributed by atoms with Crippen molar-refractivity contribution in [2.45, 2.75) is 44.2 Å². The van der Waals surface area contributed by atoms with Gasteiger partial charge in [0.2, 0.25) is 23.5 Å². The lowest BCUT2D eigenvalue weighted by Crippen LogP contribution is -2.44. The molecule has 2 heterocycles. The molecular formula is C25H28N4O4. The number of hydrogen-bond donors (Lipinski definition) is 1. The molecule has 1 atom stereocenters. The van der Waals surface area contributed by atoms with Gasteiger partial charge in [0.1, 0.15) is 5.75 Å². The maximum absolute atomic E-state index is 12.8. The third-order valence-corrected chi connectivity index (χ3v) is 6.05. The molecule has 0 unspecified atom stereocenters. The molecule has 1 aliphatic heterocycles. The van der Waals surface area contributed by atoms with Crippen molar-refractivity contribution in [1.82, 2.24) is 20.4 Å². The summed E-state index contributed by atoms with van der Waals surface area (Å²) in [5, 5.41) is 7.13. The third-order valence-electron chi connectivity index (χ3n) is 6.05. The maximum Gasteiger partial charge on any atom is 0.246 e. The van der Waals surface area contributed by atoms with E-state index in [1.165, 1.54) is 0 Å². The highest BCUT2D eigenvalue weighted by atomic mass is 16.5. The molecule has 4 rings (SSSR count). The van der Waals surface area contributed by atoms with E-state index in [1.807, 2.05) is 54.6 Å². The monoisotopic (exact) mass is 448 g/mol. The number of nitrogens with zero attached hydrogens (tertiary/aromatic N) is 3. The molecule has 1 fully saturated rings. The number of rotatable bonds is 9. The highest BCUT2D eigenvalue weighted by Crippen LogP contribution is 2.30. The van der Waals surface area contributed by atoms with Gasteiger partial charge in [-0.3, -0.25) is 9.59 Å². The van der Waals surface area contributed by atoms with E-state index < -0.39 is 5.54 Å². The summed E-state index contributed by atoms with van der Waals surface area (Å²) in [5.74, 6) is 1.66. The standard InChI is InChI=1S/C25H28N4O4/c1-29(17-22-26-24(28-33-22)19-6-4-3-5-7-19)23(31)13-15-25(14-12-21(30)27-25)16-18-8-10-20(32-2)11-9-18/h3-11H,12-17H2,1-2H3,(H,27,30)/t25-/m1/s1. The molecule has 0 radical (unpaired) electrons. The van der Waals surface area contributed by atoms with Gasteiger partial charge in [-0.15, -0.1) is 0 Å². The van der Waals surface area contributed by atoms with Crippen LogP contribution in [0.15, 0.2) is 59.1 Å². The molecule has 0 aliphatic carbocycles. The van der Waals surface area contributed by atoms with Gasteiger partial charge in [0.05, 0.1) is 13.7 Å². The van der Waals surface area contributed by atoms with Gasteiger partial charge in [-0.2, -0.15) is 4.98 Å². The summed E-state index contributed by atoms with van der Waals surface area (Å²) in [6.07, 6.45) is 2.73. The van der Waals surface area contributed by atoms with E-state index in [-0.39, 0.29) is 18.4 Å². The smallest absolute Gasteiger partial charge is 0.246 e. The van der Waals surface area contributed by atoms with Gasteiger partial charge in [0.25, 0.3) is 0 Å². The van der Waals surface area contributed by atoms with Crippen molar-refractivity contribution in [2.24, 2.45) is 0 Å². The van der Waals surface area contributed by atoms with E-state index in [4.69, 9.17) is 9.26 Å². The van der Waals surface area contributed by atoms with Gasteiger partial charge in [-0.1, -0.05) is 47.6 Å². The summed E-state index contributed by atoms with van der Waals surface area (Å²) in [6, 6.07) is 17.4. The molecule has 1 aliphatic rings. The van der Waals surface area contributed by atoms with E-state index in [1.54, 1.807) is 19.1 Å². The Morgan fingerprint density at radius 1 is 1.18 bits per heavy atom. The Kier molecular flexibility index (Phi) is 6.72. The van der Waals surface area contributed by atoms with Crippen LogP contribution in [0.1, 0.15) is 37.1 Å². The summed E-state index contributed by atoms with van der Waals surface area (Å²) in [4.78, 5) is 30.9. The number of hydrogen-bond acceptors (Lipinski definition) is 6. The lowest BCUT2D eigenvalue weighted by molar-refractivity contribution is -0.131. The Morgan fingerprint density at radius 3 is 2.61 bits per heavy atom. The molecule has 2 aromatic carbocycles. The minimum absolute atomic E-state index is 0.0311. The molecule has 172 valence electrons. The van der Waals surface area contributed by atoms with Crippen molar-refractivity contribution >= 4 is 11.8 Å². The normalized spacial score (nSPS) is 17.6. The summed E-state index contributed by atoms with van der Waals surface area (Å²) in [7, 11) is 3.35. The highest BCUT2D eigenvalue weighted by molar-refractivity contribution is 5.80. The first-order chi connectivity index (χ1) is 16.0. The second-order valence-electron chi connectivity index (χ2n) is 8.48. The Morgan fingerprint density at radius 2 is 1.94 bits per heavy atom. The molecule has 8 nitrogen and oxygen atoms in total. The van der Waals surface area contributed by atoms with Crippen LogP contribution in [0.2, 0.25) is 0 Å². The minimum atomic E-state index is -0.423. The Labute approximate surface area is 192 Å². The topological polar surface area (TPSA) is 97.6 Å². The Bertz CT molecular complexity index is 1100. The number of ether oxygens (including phenoxy) is 1. The zero-order valence-corrected chi connectivity index (χ0v) is 18.9. The van der Waals surface area contributed by atoms with Crippen LogP contribution in [0.3, 0.4) is 0 Å². The summed E-state index contributed by atoms with van der Waals surface area (Å²) < 4.78 is 10.6. The van der Waals surface area contributed by atoms with Crippen LogP contribution in [0.5, 0.6) is 5.75 Å². The summed E-state index contributed by atoms with van der Waals surface area (Å²) in [5.41, 5.74) is 1.53.